The van der Waals surface area contributed by atoms with Crippen LogP contribution in [0.25, 0.3) is 22.3 Å². The number of hydrogen-bond donors (Lipinski definition) is 1. The van der Waals surface area contributed by atoms with Crippen LogP contribution in [0.5, 0.6) is 0 Å². The van der Waals surface area contributed by atoms with Crippen molar-refractivity contribution in [3.63, 3.8) is 0 Å². The van der Waals surface area contributed by atoms with Crippen LogP contribution in [0.1, 0.15) is 69.6 Å². The Hall–Kier alpha value is -3.96. The second-order valence-electron chi connectivity index (χ2n) is 10.9. The maximum atomic E-state index is 12.3. The molecule has 42 heavy (non-hydrogen) atoms. The fourth-order valence-electron chi connectivity index (χ4n) is 4.70. The Kier molecular flexibility index (Phi) is 12.3. The van der Waals surface area contributed by atoms with E-state index in [1.807, 2.05) is 24.3 Å². The SMILES string of the molecule is C=C(C)C(=O)OCC(COC(=O)C(=C)C(C)O)c1ccc(-c2ccc(-c3ccc(CCCCC)cc3)cc2CC)cc1. The highest BCUT2D eigenvalue weighted by Gasteiger charge is 2.20. The third-order valence-corrected chi connectivity index (χ3v) is 7.48. The summed E-state index contributed by atoms with van der Waals surface area (Å²) in [5.41, 5.74) is 8.42. The van der Waals surface area contributed by atoms with Crippen molar-refractivity contribution in [2.75, 3.05) is 13.2 Å². The summed E-state index contributed by atoms with van der Waals surface area (Å²) in [6.45, 7) is 14.6. The van der Waals surface area contributed by atoms with E-state index in [2.05, 4.69) is 69.5 Å². The summed E-state index contributed by atoms with van der Waals surface area (Å²) in [4.78, 5) is 24.3. The minimum atomic E-state index is -1.01. The summed E-state index contributed by atoms with van der Waals surface area (Å²) in [6.07, 6.45) is 4.73. The van der Waals surface area contributed by atoms with Crippen LogP contribution in [-0.2, 0) is 31.9 Å². The molecule has 0 heterocycles. The van der Waals surface area contributed by atoms with Gasteiger partial charge in [-0.15, -0.1) is 0 Å². The number of esters is 2. The van der Waals surface area contributed by atoms with E-state index in [0.717, 1.165) is 29.5 Å². The van der Waals surface area contributed by atoms with Crippen molar-refractivity contribution in [2.45, 2.75) is 71.8 Å². The molecule has 222 valence electrons. The molecule has 0 saturated carbocycles. The summed E-state index contributed by atoms with van der Waals surface area (Å²) in [5, 5.41) is 9.64. The van der Waals surface area contributed by atoms with Gasteiger partial charge in [-0.1, -0.05) is 107 Å². The van der Waals surface area contributed by atoms with Crippen molar-refractivity contribution >= 4 is 11.9 Å². The van der Waals surface area contributed by atoms with Crippen LogP contribution < -0.4 is 0 Å². The van der Waals surface area contributed by atoms with Crippen molar-refractivity contribution < 1.29 is 24.2 Å². The lowest BCUT2D eigenvalue weighted by molar-refractivity contribution is -0.143. The van der Waals surface area contributed by atoms with Crippen molar-refractivity contribution in [2.24, 2.45) is 0 Å². The molecule has 0 radical (unpaired) electrons. The number of aliphatic hydroxyl groups is 1. The number of carbonyl (C=O) groups excluding carboxylic acids is 2. The summed E-state index contributed by atoms with van der Waals surface area (Å²) in [7, 11) is 0. The van der Waals surface area contributed by atoms with E-state index in [-0.39, 0.29) is 18.8 Å². The first-order chi connectivity index (χ1) is 20.1. The molecule has 3 aromatic carbocycles. The number of aryl methyl sites for hydroxylation is 2. The highest BCUT2D eigenvalue weighted by molar-refractivity contribution is 5.88. The molecule has 5 nitrogen and oxygen atoms in total. The van der Waals surface area contributed by atoms with Crippen LogP contribution in [0.3, 0.4) is 0 Å². The van der Waals surface area contributed by atoms with Gasteiger partial charge in [-0.05, 0) is 72.1 Å². The minimum Gasteiger partial charge on any atom is -0.462 e. The molecule has 0 aliphatic rings. The van der Waals surface area contributed by atoms with E-state index in [9.17, 15) is 14.7 Å². The lowest BCUT2D eigenvalue weighted by Crippen LogP contribution is -2.22. The van der Waals surface area contributed by atoms with Crippen LogP contribution in [0, 0.1) is 0 Å². The largest absolute Gasteiger partial charge is 0.462 e. The summed E-state index contributed by atoms with van der Waals surface area (Å²) >= 11 is 0. The molecule has 0 bridgehead atoms. The zero-order valence-corrected chi connectivity index (χ0v) is 25.4. The molecule has 3 rings (SSSR count). The molecular formula is C37H44O5. The van der Waals surface area contributed by atoms with E-state index in [1.165, 1.54) is 48.4 Å². The number of rotatable bonds is 15. The van der Waals surface area contributed by atoms with Gasteiger partial charge >= 0.3 is 11.9 Å². The zero-order chi connectivity index (χ0) is 30.6. The van der Waals surface area contributed by atoms with Crippen molar-refractivity contribution in [3.8, 4) is 22.3 Å². The van der Waals surface area contributed by atoms with E-state index < -0.39 is 24.0 Å². The van der Waals surface area contributed by atoms with Gasteiger partial charge in [0.1, 0.15) is 13.2 Å². The zero-order valence-electron chi connectivity index (χ0n) is 25.4. The second kappa shape index (κ2) is 15.9. The molecule has 1 N–H and O–H groups in total. The van der Waals surface area contributed by atoms with Gasteiger partial charge in [-0.2, -0.15) is 0 Å². The molecule has 0 saturated heterocycles. The molecule has 5 heteroatoms. The van der Waals surface area contributed by atoms with Crippen LogP contribution in [-0.4, -0.2) is 36.4 Å². The standard InChI is InChI=1S/C37H44O5/c1-7-9-10-11-28-12-14-30(15-13-28)33-20-21-35(29(8-2)22-33)32-18-16-31(17-19-32)34(23-41-36(39)25(3)4)24-42-37(40)26(5)27(6)38/h12-22,27,34,38H,3,5,7-11,23-24H2,1-2,4,6H3. The van der Waals surface area contributed by atoms with Gasteiger partial charge in [-0.3, -0.25) is 0 Å². The monoisotopic (exact) mass is 568 g/mol. The number of ether oxygens (including phenoxy) is 2. The molecule has 0 aliphatic heterocycles. The predicted octanol–water partition coefficient (Wildman–Crippen LogP) is 8.00. The maximum absolute atomic E-state index is 12.3. The van der Waals surface area contributed by atoms with Crippen LogP contribution >= 0.6 is 0 Å². The molecule has 0 aromatic heterocycles. The van der Waals surface area contributed by atoms with Crippen LogP contribution in [0.4, 0.5) is 0 Å². The van der Waals surface area contributed by atoms with E-state index in [0.29, 0.717) is 5.57 Å². The van der Waals surface area contributed by atoms with Gasteiger partial charge in [-0.25, -0.2) is 9.59 Å². The number of benzene rings is 3. The van der Waals surface area contributed by atoms with Crippen LogP contribution in [0.15, 0.2) is 91.0 Å². The van der Waals surface area contributed by atoms with Gasteiger partial charge in [0.25, 0.3) is 0 Å². The first-order valence-corrected chi connectivity index (χ1v) is 14.8. The first kappa shape index (κ1) is 32.6. The van der Waals surface area contributed by atoms with Crippen molar-refractivity contribution in [1.29, 1.82) is 0 Å². The number of hydrogen-bond acceptors (Lipinski definition) is 5. The summed E-state index contributed by atoms with van der Waals surface area (Å²) < 4.78 is 10.8. The topological polar surface area (TPSA) is 72.8 Å². The molecule has 3 aromatic rings. The maximum Gasteiger partial charge on any atom is 0.336 e. The normalized spacial score (nSPS) is 12.3. The molecule has 0 spiro atoms. The Morgan fingerprint density at radius 3 is 1.98 bits per heavy atom. The Labute approximate surface area is 250 Å². The Morgan fingerprint density at radius 1 is 0.810 bits per heavy atom. The average Bonchev–Trinajstić information content (AvgIpc) is 3.00. The smallest absolute Gasteiger partial charge is 0.336 e. The highest BCUT2D eigenvalue weighted by Crippen LogP contribution is 2.31. The average molecular weight is 569 g/mol. The highest BCUT2D eigenvalue weighted by atomic mass is 16.5. The molecule has 2 unspecified atom stereocenters. The van der Waals surface area contributed by atoms with E-state index >= 15 is 0 Å². The van der Waals surface area contributed by atoms with Crippen molar-refractivity contribution in [3.05, 3.63) is 108 Å². The lowest BCUT2D eigenvalue weighted by Gasteiger charge is -2.19. The van der Waals surface area contributed by atoms with E-state index in [1.54, 1.807) is 6.92 Å². The molecule has 0 fully saturated rings. The van der Waals surface area contributed by atoms with Gasteiger partial charge in [0, 0.05) is 5.57 Å². The quantitative estimate of drug-likeness (QED) is 0.114. The summed E-state index contributed by atoms with van der Waals surface area (Å²) in [6, 6.07) is 23.5. The summed E-state index contributed by atoms with van der Waals surface area (Å²) in [5.74, 6) is -1.59. The van der Waals surface area contributed by atoms with Crippen LogP contribution in [0.2, 0.25) is 0 Å². The molecule has 0 amide bonds. The van der Waals surface area contributed by atoms with Crippen molar-refractivity contribution in [1.82, 2.24) is 0 Å². The minimum absolute atomic E-state index is 0.0196. The fourth-order valence-corrected chi connectivity index (χ4v) is 4.70. The third kappa shape index (κ3) is 9.02. The van der Waals surface area contributed by atoms with Gasteiger partial charge in [0.2, 0.25) is 0 Å². The Morgan fingerprint density at radius 2 is 1.40 bits per heavy atom. The molecule has 2 atom stereocenters. The number of aliphatic hydroxyl groups excluding tert-OH is 1. The number of unbranched alkanes of at least 4 members (excludes halogenated alkanes) is 2. The second-order valence-corrected chi connectivity index (χ2v) is 10.9. The fraction of sp³-hybridized carbons (Fsp3) is 0.351. The first-order valence-electron chi connectivity index (χ1n) is 14.8. The molecule has 0 aliphatic carbocycles. The lowest BCUT2D eigenvalue weighted by atomic mass is 9.91. The van der Waals surface area contributed by atoms with Gasteiger partial charge in [0.05, 0.1) is 17.6 Å². The van der Waals surface area contributed by atoms with Gasteiger partial charge < -0.3 is 14.6 Å². The Bertz CT molecular complexity index is 1370. The third-order valence-electron chi connectivity index (χ3n) is 7.48. The molecular weight excluding hydrogens is 524 g/mol. The number of carbonyl (C=O) groups is 2. The Balaban J connectivity index is 1.79. The predicted molar refractivity (Wildman–Crippen MR) is 170 cm³/mol. The van der Waals surface area contributed by atoms with E-state index in [4.69, 9.17) is 9.47 Å². The van der Waals surface area contributed by atoms with Gasteiger partial charge in [0.15, 0.2) is 0 Å².